The molecule has 0 atom stereocenters. The number of aromatic nitrogens is 3. The van der Waals surface area contributed by atoms with E-state index in [2.05, 4.69) is 15.4 Å². The summed E-state index contributed by atoms with van der Waals surface area (Å²) < 4.78 is 14.8. The number of pyridine rings is 1. The van der Waals surface area contributed by atoms with Crippen molar-refractivity contribution in [3.05, 3.63) is 77.5 Å². The monoisotopic (exact) mass is 352 g/mol. The first-order valence-corrected chi connectivity index (χ1v) is 8.38. The van der Waals surface area contributed by atoms with Gasteiger partial charge in [-0.25, -0.2) is 9.37 Å². The number of halogens is 1. The molecule has 0 bridgehead atoms. The minimum atomic E-state index is -0.294. The molecule has 6 heteroatoms. The van der Waals surface area contributed by atoms with E-state index >= 15 is 0 Å². The lowest BCUT2D eigenvalue weighted by atomic mass is 9.92. The van der Waals surface area contributed by atoms with Crippen molar-refractivity contribution < 1.29 is 9.18 Å². The van der Waals surface area contributed by atoms with Crippen molar-refractivity contribution in [3.8, 4) is 0 Å². The van der Waals surface area contributed by atoms with Crippen molar-refractivity contribution in [2.75, 3.05) is 5.32 Å². The van der Waals surface area contributed by atoms with Crippen LogP contribution in [-0.2, 0) is 12.0 Å². The second-order valence-electron chi connectivity index (χ2n) is 7.12. The van der Waals surface area contributed by atoms with Crippen LogP contribution in [0.1, 0.15) is 42.5 Å². The number of nitrogens with zero attached hydrogens (tertiary/aromatic N) is 3. The highest BCUT2D eigenvalue weighted by Crippen LogP contribution is 2.23. The van der Waals surface area contributed by atoms with Gasteiger partial charge in [0.1, 0.15) is 17.3 Å². The summed E-state index contributed by atoms with van der Waals surface area (Å²) >= 11 is 0. The third-order valence-corrected chi connectivity index (χ3v) is 3.93. The Morgan fingerprint density at radius 3 is 2.50 bits per heavy atom. The van der Waals surface area contributed by atoms with E-state index in [1.54, 1.807) is 47.3 Å². The zero-order chi connectivity index (χ0) is 18.7. The van der Waals surface area contributed by atoms with Crippen LogP contribution >= 0.6 is 0 Å². The molecule has 3 aromatic rings. The molecular formula is C20H21FN4O. The van der Waals surface area contributed by atoms with Gasteiger partial charge in [0, 0.05) is 11.6 Å². The summed E-state index contributed by atoms with van der Waals surface area (Å²) in [5.74, 6) is -0.101. The molecule has 0 fully saturated rings. The van der Waals surface area contributed by atoms with Crippen molar-refractivity contribution >= 4 is 11.7 Å². The smallest absolute Gasteiger partial charge is 0.275 e. The molecule has 26 heavy (non-hydrogen) atoms. The lowest BCUT2D eigenvalue weighted by molar-refractivity contribution is 0.101. The van der Waals surface area contributed by atoms with Crippen LogP contribution in [0.5, 0.6) is 0 Å². The molecule has 2 heterocycles. The van der Waals surface area contributed by atoms with Gasteiger partial charge in [0.15, 0.2) is 0 Å². The maximum atomic E-state index is 13.1. The van der Waals surface area contributed by atoms with Gasteiger partial charge in [-0.05, 0) is 35.9 Å². The first-order chi connectivity index (χ1) is 12.3. The molecule has 1 amide bonds. The SMILES string of the molecule is CC(C)(C)c1cc(C(=O)Nc2ccccn2)n(Cc2ccc(F)cc2)n1. The number of carbonyl (C=O) groups is 1. The van der Waals surface area contributed by atoms with Gasteiger partial charge >= 0.3 is 0 Å². The van der Waals surface area contributed by atoms with Crippen LogP contribution in [-0.4, -0.2) is 20.7 Å². The molecule has 0 aliphatic heterocycles. The van der Waals surface area contributed by atoms with E-state index in [0.29, 0.717) is 18.1 Å². The van der Waals surface area contributed by atoms with E-state index in [0.717, 1.165) is 11.3 Å². The molecule has 1 N–H and O–H groups in total. The average molecular weight is 352 g/mol. The van der Waals surface area contributed by atoms with Gasteiger partial charge in [0.25, 0.3) is 5.91 Å². The topological polar surface area (TPSA) is 59.8 Å². The Morgan fingerprint density at radius 1 is 1.15 bits per heavy atom. The van der Waals surface area contributed by atoms with Crippen LogP contribution in [0.15, 0.2) is 54.7 Å². The van der Waals surface area contributed by atoms with Crippen LogP contribution in [0.2, 0.25) is 0 Å². The third kappa shape index (κ3) is 4.14. The number of carbonyl (C=O) groups excluding carboxylic acids is 1. The van der Waals surface area contributed by atoms with Crippen LogP contribution in [0.25, 0.3) is 0 Å². The van der Waals surface area contributed by atoms with E-state index in [1.807, 2.05) is 20.8 Å². The van der Waals surface area contributed by atoms with E-state index in [4.69, 9.17) is 0 Å². The largest absolute Gasteiger partial charge is 0.305 e. The minimum Gasteiger partial charge on any atom is -0.305 e. The third-order valence-electron chi connectivity index (χ3n) is 3.93. The van der Waals surface area contributed by atoms with Crippen molar-refractivity contribution in [1.82, 2.24) is 14.8 Å². The Bertz CT molecular complexity index is 896. The van der Waals surface area contributed by atoms with Gasteiger partial charge in [0.05, 0.1) is 12.2 Å². The Kier molecular flexibility index (Phi) is 4.84. The van der Waals surface area contributed by atoms with Crippen LogP contribution < -0.4 is 5.32 Å². The van der Waals surface area contributed by atoms with E-state index < -0.39 is 0 Å². The second-order valence-corrected chi connectivity index (χ2v) is 7.12. The summed E-state index contributed by atoms with van der Waals surface area (Å²) in [6.45, 7) is 6.50. The molecule has 0 spiro atoms. The first kappa shape index (κ1) is 17.8. The maximum absolute atomic E-state index is 13.1. The fraction of sp³-hybridized carbons (Fsp3) is 0.250. The number of hydrogen-bond donors (Lipinski definition) is 1. The Morgan fingerprint density at radius 2 is 1.88 bits per heavy atom. The molecule has 0 saturated heterocycles. The van der Waals surface area contributed by atoms with Gasteiger partial charge < -0.3 is 5.32 Å². The quantitative estimate of drug-likeness (QED) is 0.772. The molecular weight excluding hydrogens is 331 g/mol. The number of rotatable bonds is 4. The van der Waals surface area contributed by atoms with Crippen molar-refractivity contribution in [3.63, 3.8) is 0 Å². The molecule has 3 rings (SSSR count). The standard InChI is InChI=1S/C20H21FN4O/c1-20(2,3)17-12-16(19(26)23-18-6-4-5-11-22-18)25(24-17)13-14-7-9-15(21)10-8-14/h4-12H,13H2,1-3H3,(H,22,23,26). The van der Waals surface area contributed by atoms with Gasteiger partial charge in [0.2, 0.25) is 0 Å². The average Bonchev–Trinajstić information content (AvgIpc) is 3.02. The Labute approximate surface area is 151 Å². The fourth-order valence-corrected chi connectivity index (χ4v) is 2.47. The lowest BCUT2D eigenvalue weighted by Gasteiger charge is -2.14. The molecule has 0 saturated carbocycles. The van der Waals surface area contributed by atoms with Gasteiger partial charge in [-0.15, -0.1) is 0 Å². The highest BCUT2D eigenvalue weighted by molar-refractivity contribution is 6.02. The molecule has 2 aromatic heterocycles. The zero-order valence-electron chi connectivity index (χ0n) is 15.0. The highest BCUT2D eigenvalue weighted by atomic mass is 19.1. The predicted molar refractivity (Wildman–Crippen MR) is 98.6 cm³/mol. The second kappa shape index (κ2) is 7.07. The Hall–Kier alpha value is -3.02. The predicted octanol–water partition coefficient (Wildman–Crippen LogP) is 4.02. The number of benzene rings is 1. The number of anilines is 1. The summed E-state index contributed by atoms with van der Waals surface area (Å²) in [5.41, 5.74) is 1.91. The molecule has 5 nitrogen and oxygen atoms in total. The fourth-order valence-electron chi connectivity index (χ4n) is 2.47. The highest BCUT2D eigenvalue weighted by Gasteiger charge is 2.23. The van der Waals surface area contributed by atoms with Crippen molar-refractivity contribution in [1.29, 1.82) is 0 Å². The summed E-state index contributed by atoms with van der Waals surface area (Å²) in [6, 6.07) is 13.3. The van der Waals surface area contributed by atoms with Crippen LogP contribution in [0, 0.1) is 5.82 Å². The normalized spacial score (nSPS) is 11.4. The summed E-state index contributed by atoms with van der Waals surface area (Å²) in [5, 5.41) is 7.39. The summed E-state index contributed by atoms with van der Waals surface area (Å²) in [6.07, 6.45) is 1.62. The van der Waals surface area contributed by atoms with E-state index in [9.17, 15) is 9.18 Å². The van der Waals surface area contributed by atoms with Gasteiger partial charge in [-0.1, -0.05) is 39.0 Å². The van der Waals surface area contributed by atoms with E-state index in [-0.39, 0.29) is 17.1 Å². The molecule has 1 aromatic carbocycles. The Balaban J connectivity index is 1.92. The number of amides is 1. The molecule has 0 aliphatic carbocycles. The van der Waals surface area contributed by atoms with Crippen molar-refractivity contribution in [2.24, 2.45) is 0 Å². The van der Waals surface area contributed by atoms with Crippen LogP contribution in [0.4, 0.5) is 10.2 Å². The molecule has 134 valence electrons. The first-order valence-electron chi connectivity index (χ1n) is 8.38. The summed E-state index contributed by atoms with van der Waals surface area (Å²) in [4.78, 5) is 16.9. The lowest BCUT2D eigenvalue weighted by Crippen LogP contribution is -2.19. The van der Waals surface area contributed by atoms with Crippen LogP contribution in [0.3, 0.4) is 0 Å². The number of nitrogens with one attached hydrogen (secondary N) is 1. The molecule has 0 radical (unpaired) electrons. The van der Waals surface area contributed by atoms with E-state index in [1.165, 1.54) is 12.1 Å². The zero-order valence-corrected chi connectivity index (χ0v) is 15.0. The van der Waals surface area contributed by atoms with Gasteiger partial charge in [-0.2, -0.15) is 5.10 Å². The van der Waals surface area contributed by atoms with Crippen molar-refractivity contribution in [2.45, 2.75) is 32.7 Å². The number of hydrogen-bond acceptors (Lipinski definition) is 3. The summed E-state index contributed by atoms with van der Waals surface area (Å²) in [7, 11) is 0. The molecule has 0 aliphatic rings. The maximum Gasteiger partial charge on any atom is 0.275 e. The minimum absolute atomic E-state index is 0.200. The van der Waals surface area contributed by atoms with Gasteiger partial charge in [-0.3, -0.25) is 9.48 Å². The molecule has 0 unspecified atom stereocenters.